The molecule has 0 aliphatic heterocycles. The molecule has 3 N–H and O–H groups in total. The van der Waals surface area contributed by atoms with Crippen LogP contribution in [0.5, 0.6) is 11.5 Å². The summed E-state index contributed by atoms with van der Waals surface area (Å²) in [6, 6.07) is 17.4. The lowest BCUT2D eigenvalue weighted by atomic mass is 10.3. The zero-order valence-corrected chi connectivity index (χ0v) is 20.1. The summed E-state index contributed by atoms with van der Waals surface area (Å²) in [5.41, 5.74) is 2.11. The number of hydrazone groups is 1. The average Bonchev–Trinajstić information content (AvgIpc) is 2.87. The minimum atomic E-state index is -4.01. The molecule has 0 saturated heterocycles. The normalized spacial score (nSPS) is 11.2. The quantitative estimate of drug-likeness (QED) is 0.276. The van der Waals surface area contributed by atoms with E-state index in [1.165, 1.54) is 43.5 Å². The summed E-state index contributed by atoms with van der Waals surface area (Å²) >= 11 is 0. The maximum absolute atomic E-state index is 13.8. The molecule has 0 saturated carbocycles. The molecule has 0 aliphatic rings. The first kappa shape index (κ1) is 26.0. The molecule has 0 fully saturated rings. The number of amides is 1. The number of hydrogen-bond donors (Lipinski definition) is 3. The van der Waals surface area contributed by atoms with Crippen LogP contribution in [0.4, 0.5) is 21.5 Å². The molecule has 3 aromatic carbocycles. The van der Waals surface area contributed by atoms with Gasteiger partial charge in [0.1, 0.15) is 23.4 Å². The molecule has 0 aliphatic carbocycles. The van der Waals surface area contributed by atoms with Gasteiger partial charge >= 0.3 is 0 Å². The van der Waals surface area contributed by atoms with Crippen LogP contribution in [0, 0.1) is 17.1 Å². The second kappa shape index (κ2) is 11.7. The van der Waals surface area contributed by atoms with Crippen molar-refractivity contribution >= 4 is 38.7 Å². The largest absolute Gasteiger partial charge is 0.495 e. The number of anilines is 3. The van der Waals surface area contributed by atoms with Crippen molar-refractivity contribution < 1.29 is 27.1 Å². The number of rotatable bonds is 10. The van der Waals surface area contributed by atoms with Crippen LogP contribution in [0.15, 0.2) is 76.7 Å². The fourth-order valence-corrected chi connectivity index (χ4v) is 4.01. The molecule has 1 amide bonds. The lowest BCUT2D eigenvalue weighted by Gasteiger charge is -2.13. The number of benzene rings is 3. The molecule has 12 heteroatoms. The van der Waals surface area contributed by atoms with Gasteiger partial charge in [-0.3, -0.25) is 14.9 Å². The van der Waals surface area contributed by atoms with Crippen molar-refractivity contribution in [3.63, 3.8) is 0 Å². The molecule has 186 valence electrons. The van der Waals surface area contributed by atoms with Gasteiger partial charge in [0.15, 0.2) is 0 Å². The number of para-hydroxylation sites is 1. The molecule has 0 radical (unpaired) electrons. The molecule has 0 spiro atoms. The van der Waals surface area contributed by atoms with E-state index in [0.29, 0.717) is 18.0 Å². The van der Waals surface area contributed by atoms with Gasteiger partial charge in [0.2, 0.25) is 5.71 Å². The Morgan fingerprint density at radius 2 is 1.81 bits per heavy atom. The number of carbonyl (C=O) groups is 1. The van der Waals surface area contributed by atoms with Crippen LogP contribution >= 0.6 is 0 Å². The van der Waals surface area contributed by atoms with E-state index >= 15 is 0 Å². The molecular weight excluding hydrogens is 489 g/mol. The Morgan fingerprint density at radius 1 is 1.08 bits per heavy atom. The molecule has 0 bridgehead atoms. The number of nitrogens with one attached hydrogen (secondary N) is 3. The number of halogens is 1. The highest BCUT2D eigenvalue weighted by Gasteiger charge is 2.18. The topological polar surface area (TPSA) is 142 Å². The summed E-state index contributed by atoms with van der Waals surface area (Å²) in [5, 5.41) is 15.3. The van der Waals surface area contributed by atoms with Crippen molar-refractivity contribution in [3.8, 4) is 17.6 Å². The van der Waals surface area contributed by atoms with E-state index in [9.17, 15) is 22.9 Å². The van der Waals surface area contributed by atoms with Gasteiger partial charge in [0.05, 0.1) is 30.0 Å². The molecule has 0 aromatic heterocycles. The second-order valence-corrected chi connectivity index (χ2v) is 8.73. The number of sulfonamides is 1. The Hall–Kier alpha value is -4.63. The average molecular weight is 512 g/mol. The van der Waals surface area contributed by atoms with Crippen molar-refractivity contribution in [1.29, 1.82) is 5.26 Å². The fraction of sp³-hybridized carbons (Fsp3) is 0.125. The summed E-state index contributed by atoms with van der Waals surface area (Å²) in [7, 11) is -2.66. The maximum atomic E-state index is 13.8. The highest BCUT2D eigenvalue weighted by atomic mass is 32.2. The lowest BCUT2D eigenvalue weighted by molar-refractivity contribution is -0.110. The smallest absolute Gasteiger partial charge is 0.287 e. The number of nitriles is 1. The van der Waals surface area contributed by atoms with Crippen LogP contribution in [0.3, 0.4) is 0 Å². The molecule has 36 heavy (non-hydrogen) atoms. The van der Waals surface area contributed by atoms with Crippen LogP contribution in [-0.2, 0) is 14.8 Å². The molecule has 10 nitrogen and oxygen atoms in total. The Morgan fingerprint density at radius 3 is 2.44 bits per heavy atom. The van der Waals surface area contributed by atoms with E-state index in [1.807, 2.05) is 6.92 Å². The zero-order chi connectivity index (χ0) is 26.1. The van der Waals surface area contributed by atoms with Gasteiger partial charge in [-0.05, 0) is 61.5 Å². The fourth-order valence-electron chi connectivity index (χ4n) is 2.93. The second-order valence-electron chi connectivity index (χ2n) is 7.04. The van der Waals surface area contributed by atoms with Crippen LogP contribution < -0.4 is 24.9 Å². The van der Waals surface area contributed by atoms with Gasteiger partial charge in [-0.2, -0.15) is 10.4 Å². The highest BCUT2D eigenvalue weighted by molar-refractivity contribution is 7.92. The number of methoxy groups -OCH3 is 1. The van der Waals surface area contributed by atoms with Crippen LogP contribution in [0.2, 0.25) is 0 Å². The van der Waals surface area contributed by atoms with Gasteiger partial charge in [0.25, 0.3) is 15.9 Å². The monoisotopic (exact) mass is 511 g/mol. The number of carbonyl (C=O) groups excluding carboxylic acids is 1. The summed E-state index contributed by atoms with van der Waals surface area (Å²) in [6.45, 7) is 2.32. The van der Waals surface area contributed by atoms with Gasteiger partial charge in [-0.15, -0.1) is 0 Å². The van der Waals surface area contributed by atoms with E-state index in [1.54, 1.807) is 30.3 Å². The predicted molar refractivity (Wildman–Crippen MR) is 133 cm³/mol. The standard InChI is InChI=1S/C24H22FN5O5S/c1-3-35-17-10-8-16(9-11-17)30-36(32,33)18-12-13-23(34-2)21(14-18)28-29-22(15-26)24(31)27-20-7-5-4-6-19(20)25/h4-14,28,30H,3H2,1-2H3,(H,27,31). The molecule has 0 heterocycles. The lowest BCUT2D eigenvalue weighted by Crippen LogP contribution is -2.23. The predicted octanol–water partition coefficient (Wildman–Crippen LogP) is 3.96. The summed E-state index contributed by atoms with van der Waals surface area (Å²) in [5.74, 6) is -0.849. The van der Waals surface area contributed by atoms with Gasteiger partial charge in [-0.25, -0.2) is 12.8 Å². The van der Waals surface area contributed by atoms with Gasteiger partial charge in [-0.1, -0.05) is 12.1 Å². The SMILES string of the molecule is CCOc1ccc(NS(=O)(=O)c2ccc(OC)c(NN=C(C#N)C(=O)Nc3ccccc3F)c2)cc1. The third kappa shape index (κ3) is 6.49. The number of hydrogen-bond acceptors (Lipinski definition) is 8. The number of ether oxygens (including phenoxy) is 2. The Balaban J connectivity index is 1.81. The van der Waals surface area contributed by atoms with Crippen molar-refractivity contribution in [2.45, 2.75) is 11.8 Å². The highest BCUT2D eigenvalue weighted by Crippen LogP contribution is 2.29. The van der Waals surface area contributed by atoms with Crippen LogP contribution in [0.1, 0.15) is 6.92 Å². The first-order valence-electron chi connectivity index (χ1n) is 10.5. The van der Waals surface area contributed by atoms with E-state index in [0.717, 1.165) is 6.07 Å². The van der Waals surface area contributed by atoms with E-state index in [4.69, 9.17) is 9.47 Å². The summed E-state index contributed by atoms with van der Waals surface area (Å²) in [4.78, 5) is 12.2. The molecule has 3 aromatic rings. The molecule has 0 atom stereocenters. The Bertz CT molecular complexity index is 1420. The van der Waals surface area contributed by atoms with Crippen molar-refractivity contribution in [2.24, 2.45) is 5.10 Å². The number of nitrogens with zero attached hydrogens (tertiary/aromatic N) is 2. The third-order valence-electron chi connectivity index (χ3n) is 4.63. The van der Waals surface area contributed by atoms with Crippen molar-refractivity contribution in [1.82, 2.24) is 0 Å². The Kier molecular flexibility index (Phi) is 8.43. The van der Waals surface area contributed by atoms with Gasteiger partial charge < -0.3 is 14.8 Å². The van der Waals surface area contributed by atoms with Crippen molar-refractivity contribution in [2.75, 3.05) is 29.2 Å². The first-order valence-corrected chi connectivity index (χ1v) is 12.0. The van der Waals surface area contributed by atoms with Crippen LogP contribution in [0.25, 0.3) is 0 Å². The summed E-state index contributed by atoms with van der Waals surface area (Å²) < 4.78 is 52.6. The molecule has 3 rings (SSSR count). The zero-order valence-electron chi connectivity index (χ0n) is 19.3. The maximum Gasteiger partial charge on any atom is 0.287 e. The first-order chi connectivity index (χ1) is 17.3. The van der Waals surface area contributed by atoms with Gasteiger partial charge in [0, 0.05) is 5.69 Å². The third-order valence-corrected chi connectivity index (χ3v) is 6.01. The minimum Gasteiger partial charge on any atom is -0.495 e. The van der Waals surface area contributed by atoms with Crippen LogP contribution in [-0.4, -0.2) is 33.8 Å². The minimum absolute atomic E-state index is 0.0681. The molecular formula is C24H22FN5O5S. The summed E-state index contributed by atoms with van der Waals surface area (Å²) in [6.07, 6.45) is 0. The Labute approximate surface area is 207 Å². The van der Waals surface area contributed by atoms with Crippen molar-refractivity contribution in [3.05, 3.63) is 72.5 Å². The van der Waals surface area contributed by atoms with E-state index in [2.05, 4.69) is 20.6 Å². The molecule has 0 unspecified atom stereocenters. The van der Waals surface area contributed by atoms with E-state index < -0.39 is 27.5 Å². The van der Waals surface area contributed by atoms with E-state index in [-0.39, 0.29) is 22.0 Å².